The summed E-state index contributed by atoms with van der Waals surface area (Å²) in [5.74, 6) is 1.39. The third-order valence-corrected chi connectivity index (χ3v) is 5.43. The summed E-state index contributed by atoms with van der Waals surface area (Å²) in [6, 6.07) is 3.86. The second kappa shape index (κ2) is 9.62. The lowest BCUT2D eigenvalue weighted by atomic mass is 9.88. The van der Waals surface area contributed by atoms with Gasteiger partial charge in [0.1, 0.15) is 5.75 Å². The van der Waals surface area contributed by atoms with Crippen LogP contribution in [0.1, 0.15) is 55.7 Å². The van der Waals surface area contributed by atoms with E-state index in [9.17, 15) is 9.90 Å². The highest BCUT2D eigenvalue weighted by molar-refractivity contribution is 5.80. The maximum Gasteiger partial charge on any atom is 0.222 e. The number of aliphatic imine (C=N–C) groups is 1. The van der Waals surface area contributed by atoms with Gasteiger partial charge in [0, 0.05) is 38.2 Å². The van der Waals surface area contributed by atoms with Crippen LogP contribution in [0.4, 0.5) is 0 Å². The average Bonchev–Trinajstić information content (AvgIpc) is 3.09. The Morgan fingerprint density at radius 2 is 2.04 bits per heavy atom. The number of nitrogens with one attached hydrogen (secondary N) is 2. The number of aryl methyl sites for hydroxylation is 1. The van der Waals surface area contributed by atoms with Crippen LogP contribution in [-0.4, -0.2) is 48.1 Å². The Morgan fingerprint density at radius 1 is 1.19 bits per heavy atom. The zero-order valence-corrected chi connectivity index (χ0v) is 16.4. The Bertz CT molecular complexity index is 687. The zero-order chi connectivity index (χ0) is 19.1. The lowest BCUT2D eigenvalue weighted by molar-refractivity contribution is -0.127. The smallest absolute Gasteiger partial charge is 0.222 e. The maximum absolute atomic E-state index is 11.7. The van der Waals surface area contributed by atoms with Crippen molar-refractivity contribution < 1.29 is 9.90 Å². The molecule has 2 aliphatic rings. The summed E-state index contributed by atoms with van der Waals surface area (Å²) < 4.78 is 0. The Kier molecular flexibility index (Phi) is 6.96. The van der Waals surface area contributed by atoms with Crippen molar-refractivity contribution in [2.75, 3.05) is 26.2 Å². The van der Waals surface area contributed by atoms with Gasteiger partial charge in [-0.15, -0.1) is 0 Å². The normalized spacial score (nSPS) is 17.1. The summed E-state index contributed by atoms with van der Waals surface area (Å²) in [6.07, 6.45) is 7.12. The van der Waals surface area contributed by atoms with Crippen LogP contribution in [0.25, 0.3) is 0 Å². The molecule has 1 saturated heterocycles. The fourth-order valence-corrected chi connectivity index (χ4v) is 3.99. The van der Waals surface area contributed by atoms with E-state index >= 15 is 0 Å². The monoisotopic (exact) mass is 372 g/mol. The van der Waals surface area contributed by atoms with Gasteiger partial charge in [0.15, 0.2) is 5.96 Å². The summed E-state index contributed by atoms with van der Waals surface area (Å²) in [5.41, 5.74) is 3.61. The second-order valence-corrected chi connectivity index (χ2v) is 7.37. The molecule has 6 heteroatoms. The van der Waals surface area contributed by atoms with E-state index in [-0.39, 0.29) is 5.91 Å². The first-order valence-corrected chi connectivity index (χ1v) is 10.3. The van der Waals surface area contributed by atoms with Gasteiger partial charge >= 0.3 is 0 Å². The van der Waals surface area contributed by atoms with Gasteiger partial charge in [-0.25, -0.2) is 4.99 Å². The van der Waals surface area contributed by atoms with Crippen molar-refractivity contribution in [3.63, 3.8) is 0 Å². The van der Waals surface area contributed by atoms with Gasteiger partial charge in [0.05, 0.1) is 6.54 Å². The van der Waals surface area contributed by atoms with E-state index < -0.39 is 0 Å². The van der Waals surface area contributed by atoms with Crippen LogP contribution in [0.5, 0.6) is 5.75 Å². The minimum absolute atomic E-state index is 0.278. The first-order valence-electron chi connectivity index (χ1n) is 10.3. The minimum Gasteiger partial charge on any atom is -0.508 e. The van der Waals surface area contributed by atoms with E-state index in [4.69, 9.17) is 4.99 Å². The number of carbonyl (C=O) groups is 1. The number of aromatic hydroxyl groups is 1. The first-order chi connectivity index (χ1) is 13.2. The molecule has 0 saturated carbocycles. The molecule has 27 heavy (non-hydrogen) atoms. The standard InChI is InChI=1S/C21H32N4O2/c1-2-22-21(23-12-6-14-25-13-5-9-20(25)27)24-15-18-17-8-4-3-7-16(17)10-11-19(18)26/h10-11,26H,2-9,12-15H2,1H3,(H2,22,23,24). The predicted octanol–water partition coefficient (Wildman–Crippen LogP) is 2.34. The van der Waals surface area contributed by atoms with Crippen molar-refractivity contribution in [3.8, 4) is 5.75 Å². The molecule has 3 rings (SSSR count). The van der Waals surface area contributed by atoms with Crippen molar-refractivity contribution >= 4 is 11.9 Å². The second-order valence-electron chi connectivity index (χ2n) is 7.37. The third-order valence-electron chi connectivity index (χ3n) is 5.43. The van der Waals surface area contributed by atoms with Crippen LogP contribution in [-0.2, 0) is 24.2 Å². The molecule has 0 bridgehead atoms. The van der Waals surface area contributed by atoms with E-state index in [0.717, 1.165) is 63.4 Å². The van der Waals surface area contributed by atoms with Crippen molar-refractivity contribution in [3.05, 3.63) is 28.8 Å². The maximum atomic E-state index is 11.7. The molecule has 0 spiro atoms. The summed E-state index contributed by atoms with van der Waals surface area (Å²) >= 11 is 0. The largest absolute Gasteiger partial charge is 0.508 e. The number of hydrogen-bond acceptors (Lipinski definition) is 3. The molecule has 1 aliphatic heterocycles. The molecule has 1 aromatic rings. The molecule has 1 aliphatic carbocycles. The quantitative estimate of drug-likeness (QED) is 0.390. The first kappa shape index (κ1) is 19.5. The van der Waals surface area contributed by atoms with E-state index in [1.54, 1.807) is 0 Å². The molecule has 0 aromatic heterocycles. The van der Waals surface area contributed by atoms with Crippen LogP contribution >= 0.6 is 0 Å². The predicted molar refractivity (Wildman–Crippen MR) is 108 cm³/mol. The van der Waals surface area contributed by atoms with Crippen molar-refractivity contribution in [2.45, 2.75) is 58.4 Å². The summed E-state index contributed by atoms with van der Waals surface area (Å²) in [5, 5.41) is 16.9. The molecular formula is C21H32N4O2. The zero-order valence-electron chi connectivity index (χ0n) is 16.4. The molecule has 1 fully saturated rings. The van der Waals surface area contributed by atoms with E-state index in [1.165, 1.54) is 24.0 Å². The van der Waals surface area contributed by atoms with Crippen LogP contribution in [0.15, 0.2) is 17.1 Å². The van der Waals surface area contributed by atoms with Crippen LogP contribution < -0.4 is 10.6 Å². The third kappa shape index (κ3) is 5.15. The number of phenols is 1. The van der Waals surface area contributed by atoms with Gasteiger partial charge in [-0.3, -0.25) is 4.79 Å². The lowest BCUT2D eigenvalue weighted by Gasteiger charge is -2.20. The molecular weight excluding hydrogens is 340 g/mol. The Hall–Kier alpha value is -2.24. The number of likely N-dealkylation sites (tertiary alicyclic amines) is 1. The SMILES string of the molecule is CCNC(=NCc1c(O)ccc2c1CCCC2)NCCCN1CCCC1=O. The number of carbonyl (C=O) groups excluding carboxylic acids is 1. The molecule has 3 N–H and O–H groups in total. The van der Waals surface area contributed by atoms with Gasteiger partial charge in [-0.2, -0.15) is 0 Å². The number of hydrogen-bond donors (Lipinski definition) is 3. The molecule has 148 valence electrons. The Labute approximate surface area is 162 Å². The van der Waals surface area contributed by atoms with E-state index in [2.05, 4.69) is 16.7 Å². The van der Waals surface area contributed by atoms with Crippen LogP contribution in [0.3, 0.4) is 0 Å². The van der Waals surface area contributed by atoms with E-state index in [0.29, 0.717) is 18.7 Å². The van der Waals surface area contributed by atoms with Gasteiger partial charge < -0.3 is 20.6 Å². The van der Waals surface area contributed by atoms with Gasteiger partial charge in [0.25, 0.3) is 0 Å². The fraction of sp³-hybridized carbons (Fsp3) is 0.619. The van der Waals surface area contributed by atoms with Gasteiger partial charge in [-0.1, -0.05) is 6.07 Å². The van der Waals surface area contributed by atoms with Crippen molar-refractivity contribution in [2.24, 2.45) is 4.99 Å². The lowest BCUT2D eigenvalue weighted by Crippen LogP contribution is -2.39. The number of phenolic OH excluding ortho intramolecular Hbond substituents is 1. The molecule has 1 heterocycles. The number of fused-ring (bicyclic) bond motifs is 1. The number of benzene rings is 1. The summed E-state index contributed by atoms with van der Waals surface area (Å²) in [7, 11) is 0. The molecule has 1 amide bonds. The number of rotatable bonds is 7. The van der Waals surface area contributed by atoms with Gasteiger partial charge in [0.2, 0.25) is 5.91 Å². The molecule has 1 aromatic carbocycles. The van der Waals surface area contributed by atoms with Crippen LogP contribution in [0, 0.1) is 0 Å². The molecule has 0 unspecified atom stereocenters. The highest BCUT2D eigenvalue weighted by atomic mass is 16.3. The highest BCUT2D eigenvalue weighted by Gasteiger charge is 2.19. The highest BCUT2D eigenvalue weighted by Crippen LogP contribution is 2.31. The Morgan fingerprint density at radius 3 is 2.81 bits per heavy atom. The Balaban J connectivity index is 1.56. The van der Waals surface area contributed by atoms with Crippen LogP contribution in [0.2, 0.25) is 0 Å². The minimum atomic E-state index is 0.278. The topological polar surface area (TPSA) is 77.0 Å². The summed E-state index contributed by atoms with van der Waals surface area (Å²) in [4.78, 5) is 18.3. The number of guanidine groups is 1. The molecule has 6 nitrogen and oxygen atoms in total. The van der Waals surface area contributed by atoms with Crippen molar-refractivity contribution in [1.29, 1.82) is 0 Å². The fourth-order valence-electron chi connectivity index (χ4n) is 3.99. The van der Waals surface area contributed by atoms with E-state index in [1.807, 2.05) is 17.9 Å². The molecule has 0 atom stereocenters. The van der Waals surface area contributed by atoms with Crippen molar-refractivity contribution in [1.82, 2.24) is 15.5 Å². The summed E-state index contributed by atoms with van der Waals surface area (Å²) in [6.45, 7) is 5.78. The molecule has 0 radical (unpaired) electrons. The average molecular weight is 373 g/mol. The number of amides is 1. The number of nitrogens with zero attached hydrogens (tertiary/aromatic N) is 2. The van der Waals surface area contributed by atoms with Gasteiger partial charge in [-0.05, 0) is 62.6 Å².